The van der Waals surface area contributed by atoms with E-state index in [1.807, 2.05) is 18.3 Å². The highest BCUT2D eigenvalue weighted by atomic mass is 16.3. The lowest BCUT2D eigenvalue weighted by molar-refractivity contribution is 0.0646. The third-order valence-electron chi connectivity index (χ3n) is 4.73. The predicted octanol–water partition coefficient (Wildman–Crippen LogP) is 2.45. The van der Waals surface area contributed by atoms with Gasteiger partial charge in [0, 0.05) is 31.4 Å². The van der Waals surface area contributed by atoms with Crippen LogP contribution in [0, 0.1) is 0 Å². The summed E-state index contributed by atoms with van der Waals surface area (Å²) in [6, 6.07) is 7.62. The van der Waals surface area contributed by atoms with E-state index in [2.05, 4.69) is 9.88 Å². The van der Waals surface area contributed by atoms with Gasteiger partial charge in [-0.05, 0) is 49.9 Å². The molecule has 2 amide bonds. The molecule has 0 radical (unpaired) electrons. The molecule has 0 spiro atoms. The molecule has 1 N–H and O–H groups in total. The summed E-state index contributed by atoms with van der Waals surface area (Å²) in [6.07, 6.45) is 7.52. The molecule has 2 aromatic rings. The Balaban J connectivity index is 1.40. The van der Waals surface area contributed by atoms with Crippen molar-refractivity contribution in [2.24, 2.45) is 0 Å². The molecule has 1 aliphatic carbocycles. The van der Waals surface area contributed by atoms with Gasteiger partial charge in [0.05, 0.1) is 6.26 Å². The largest absolute Gasteiger partial charge is 0.459 e. The molecule has 1 atom stereocenters. The van der Waals surface area contributed by atoms with Gasteiger partial charge in [0.1, 0.15) is 5.69 Å². The summed E-state index contributed by atoms with van der Waals surface area (Å²) in [4.78, 5) is 26.7. The number of rotatable bonds is 4. The molecule has 4 rings (SSSR count). The average Bonchev–Trinajstić information content (AvgIpc) is 3.11. The van der Waals surface area contributed by atoms with E-state index in [-0.39, 0.29) is 17.9 Å². The summed E-state index contributed by atoms with van der Waals surface area (Å²) in [7, 11) is 0. The molecule has 2 aliphatic rings. The van der Waals surface area contributed by atoms with E-state index in [9.17, 15) is 9.59 Å². The quantitative estimate of drug-likeness (QED) is 0.938. The van der Waals surface area contributed by atoms with Crippen LogP contribution in [0.1, 0.15) is 52.8 Å². The molecular formula is C18H21N3O3. The van der Waals surface area contributed by atoms with Gasteiger partial charge in [0.2, 0.25) is 0 Å². The summed E-state index contributed by atoms with van der Waals surface area (Å²) >= 11 is 0. The highest BCUT2D eigenvalue weighted by Crippen LogP contribution is 2.36. The standard InChI is InChI=1S/C18H21N3O3/c22-17(15-5-2-10-21(15)14-7-8-14)19-13-4-1-9-20(12-13)18(23)16-6-3-11-24-16/h2-3,5-6,10-11,13-14H,1,4,7-9,12H2,(H,19,22). The summed E-state index contributed by atoms with van der Waals surface area (Å²) in [5, 5.41) is 3.09. The summed E-state index contributed by atoms with van der Waals surface area (Å²) in [5.41, 5.74) is 0.715. The number of hydrogen-bond acceptors (Lipinski definition) is 3. The van der Waals surface area contributed by atoms with E-state index in [1.54, 1.807) is 17.0 Å². The SMILES string of the molecule is O=C(NC1CCCN(C(=O)c2ccco2)C1)c1cccn1C1CC1. The van der Waals surface area contributed by atoms with Crippen LogP contribution in [0.25, 0.3) is 0 Å². The van der Waals surface area contributed by atoms with E-state index < -0.39 is 0 Å². The zero-order valence-electron chi connectivity index (χ0n) is 13.5. The first-order chi connectivity index (χ1) is 11.7. The first-order valence-corrected chi connectivity index (χ1v) is 8.53. The Morgan fingerprint density at radius 3 is 2.79 bits per heavy atom. The Morgan fingerprint density at radius 1 is 1.17 bits per heavy atom. The van der Waals surface area contributed by atoms with Gasteiger partial charge in [-0.15, -0.1) is 0 Å². The summed E-state index contributed by atoms with van der Waals surface area (Å²) in [5.74, 6) is 0.189. The molecule has 1 saturated heterocycles. The molecule has 0 bridgehead atoms. The Bertz CT molecular complexity index is 731. The highest BCUT2D eigenvalue weighted by Gasteiger charge is 2.30. The van der Waals surface area contributed by atoms with E-state index in [4.69, 9.17) is 4.42 Å². The zero-order chi connectivity index (χ0) is 16.5. The lowest BCUT2D eigenvalue weighted by Crippen LogP contribution is -2.49. The summed E-state index contributed by atoms with van der Waals surface area (Å²) < 4.78 is 7.25. The topological polar surface area (TPSA) is 67.5 Å². The lowest BCUT2D eigenvalue weighted by Gasteiger charge is -2.32. The lowest BCUT2D eigenvalue weighted by atomic mass is 10.1. The minimum absolute atomic E-state index is 0.0206. The number of nitrogens with one attached hydrogen (secondary N) is 1. The van der Waals surface area contributed by atoms with Gasteiger partial charge in [-0.1, -0.05) is 0 Å². The van der Waals surface area contributed by atoms with Crippen molar-refractivity contribution in [3.63, 3.8) is 0 Å². The number of nitrogens with zero attached hydrogens (tertiary/aromatic N) is 2. The Morgan fingerprint density at radius 2 is 2.04 bits per heavy atom. The van der Waals surface area contributed by atoms with Crippen molar-refractivity contribution in [2.45, 2.75) is 37.8 Å². The number of furan rings is 1. The third kappa shape index (κ3) is 2.96. The smallest absolute Gasteiger partial charge is 0.289 e. The fourth-order valence-electron chi connectivity index (χ4n) is 3.35. The van der Waals surface area contributed by atoms with Gasteiger partial charge in [-0.3, -0.25) is 9.59 Å². The second-order valence-electron chi connectivity index (χ2n) is 6.57. The molecule has 24 heavy (non-hydrogen) atoms. The van der Waals surface area contributed by atoms with E-state index in [0.717, 1.165) is 25.7 Å². The predicted molar refractivity (Wildman–Crippen MR) is 87.8 cm³/mol. The first-order valence-electron chi connectivity index (χ1n) is 8.53. The van der Waals surface area contributed by atoms with Crippen molar-refractivity contribution < 1.29 is 14.0 Å². The van der Waals surface area contributed by atoms with E-state index >= 15 is 0 Å². The maximum Gasteiger partial charge on any atom is 0.289 e. The van der Waals surface area contributed by atoms with Gasteiger partial charge in [-0.25, -0.2) is 0 Å². The van der Waals surface area contributed by atoms with Crippen molar-refractivity contribution >= 4 is 11.8 Å². The number of carbonyl (C=O) groups is 2. The van der Waals surface area contributed by atoms with Crippen LogP contribution >= 0.6 is 0 Å². The summed E-state index contributed by atoms with van der Waals surface area (Å²) in [6.45, 7) is 1.22. The van der Waals surface area contributed by atoms with Crippen LogP contribution < -0.4 is 5.32 Å². The molecule has 0 aromatic carbocycles. The van der Waals surface area contributed by atoms with Crippen molar-refractivity contribution in [1.82, 2.24) is 14.8 Å². The zero-order valence-corrected chi connectivity index (χ0v) is 13.5. The molecule has 1 saturated carbocycles. The van der Waals surface area contributed by atoms with Crippen LogP contribution in [0.2, 0.25) is 0 Å². The van der Waals surface area contributed by atoms with Gasteiger partial charge >= 0.3 is 0 Å². The molecule has 2 fully saturated rings. The fraction of sp³-hybridized carbons (Fsp3) is 0.444. The van der Waals surface area contributed by atoms with Crippen molar-refractivity contribution in [3.05, 3.63) is 48.2 Å². The maximum atomic E-state index is 12.6. The molecule has 1 aliphatic heterocycles. The minimum atomic E-state index is -0.111. The average molecular weight is 327 g/mol. The number of hydrogen-bond donors (Lipinski definition) is 1. The van der Waals surface area contributed by atoms with Crippen LogP contribution in [0.15, 0.2) is 41.1 Å². The number of likely N-dealkylation sites (tertiary alicyclic amines) is 1. The number of amides is 2. The third-order valence-corrected chi connectivity index (χ3v) is 4.73. The molecule has 126 valence electrons. The number of carbonyl (C=O) groups excluding carboxylic acids is 2. The first kappa shape index (κ1) is 15.1. The van der Waals surface area contributed by atoms with Crippen molar-refractivity contribution in [3.8, 4) is 0 Å². The normalized spacial score (nSPS) is 20.8. The second kappa shape index (κ2) is 6.19. The van der Waals surface area contributed by atoms with Crippen LogP contribution in [0.5, 0.6) is 0 Å². The van der Waals surface area contributed by atoms with Crippen LogP contribution in [0.4, 0.5) is 0 Å². The van der Waals surface area contributed by atoms with Gasteiger partial charge < -0.3 is 19.2 Å². The number of piperidine rings is 1. The Labute approximate surface area is 140 Å². The molecule has 1 unspecified atom stereocenters. The van der Waals surface area contributed by atoms with Gasteiger partial charge in [0.25, 0.3) is 11.8 Å². The van der Waals surface area contributed by atoms with E-state index in [0.29, 0.717) is 30.6 Å². The van der Waals surface area contributed by atoms with Crippen LogP contribution in [0.3, 0.4) is 0 Å². The minimum Gasteiger partial charge on any atom is -0.459 e. The molecule has 3 heterocycles. The van der Waals surface area contributed by atoms with E-state index in [1.165, 1.54) is 6.26 Å². The number of aromatic nitrogens is 1. The van der Waals surface area contributed by atoms with Gasteiger partial charge in [-0.2, -0.15) is 0 Å². The monoisotopic (exact) mass is 327 g/mol. The molecule has 2 aromatic heterocycles. The maximum absolute atomic E-state index is 12.6. The fourth-order valence-corrected chi connectivity index (χ4v) is 3.35. The van der Waals surface area contributed by atoms with Crippen LogP contribution in [-0.2, 0) is 0 Å². The highest BCUT2D eigenvalue weighted by molar-refractivity contribution is 5.93. The molecule has 6 heteroatoms. The second-order valence-corrected chi connectivity index (χ2v) is 6.57. The van der Waals surface area contributed by atoms with Gasteiger partial charge in [0.15, 0.2) is 5.76 Å². The molecule has 6 nitrogen and oxygen atoms in total. The van der Waals surface area contributed by atoms with Crippen LogP contribution in [-0.4, -0.2) is 40.4 Å². The van der Waals surface area contributed by atoms with Crippen molar-refractivity contribution in [2.75, 3.05) is 13.1 Å². The Hall–Kier alpha value is -2.50. The molecular weight excluding hydrogens is 306 g/mol. The van der Waals surface area contributed by atoms with Crippen molar-refractivity contribution in [1.29, 1.82) is 0 Å². The Kier molecular flexibility index (Phi) is 3.88.